The van der Waals surface area contributed by atoms with E-state index in [2.05, 4.69) is 184 Å². The summed E-state index contributed by atoms with van der Waals surface area (Å²) in [6, 6.07) is 39.9. The van der Waals surface area contributed by atoms with Crippen LogP contribution in [0.15, 0.2) is 122 Å². The van der Waals surface area contributed by atoms with Crippen LogP contribution in [0.3, 0.4) is 0 Å². The van der Waals surface area contributed by atoms with E-state index in [1.54, 1.807) is 0 Å². The maximum atomic E-state index is 5.45. The molecule has 0 spiro atoms. The molecule has 0 saturated heterocycles. The minimum absolute atomic E-state index is 0.0970. The van der Waals surface area contributed by atoms with Crippen LogP contribution in [0.4, 0.5) is 5.69 Å². The second-order valence-corrected chi connectivity index (χ2v) is 14.1. The maximum Gasteiger partial charge on any atom is 0.146 e. The standard InChI is InChI=1S/C44H44N4/c1-28(2)34-19-13-20-35-30(4)36-21-15-25-40-42(36)48(41(34)35)43(45-40)37-22-14-24-39(31(37)5)44(7,38-23-12-11-16-29(38)3)47-27-26-46(32(47)6)33-17-9-8-10-18-33/h8-28,30,32H,1-7H3/t30?,32-,44?/m0/s1. The van der Waals surface area contributed by atoms with Gasteiger partial charge in [-0.3, -0.25) is 4.57 Å². The molecule has 0 N–H and O–H groups in total. The molecular weight excluding hydrogens is 585 g/mol. The Hall–Kier alpha value is -5.09. The molecule has 3 heterocycles. The van der Waals surface area contributed by atoms with Gasteiger partial charge in [0, 0.05) is 29.6 Å². The minimum atomic E-state index is -0.459. The van der Waals surface area contributed by atoms with E-state index >= 15 is 0 Å². The van der Waals surface area contributed by atoms with Crippen LogP contribution in [0.1, 0.15) is 85.4 Å². The number of hydrogen-bond donors (Lipinski definition) is 0. The van der Waals surface area contributed by atoms with Gasteiger partial charge in [-0.05, 0) is 90.8 Å². The molecule has 0 saturated carbocycles. The Kier molecular flexibility index (Phi) is 7.10. The van der Waals surface area contributed by atoms with Gasteiger partial charge in [0.15, 0.2) is 0 Å². The lowest BCUT2D eigenvalue weighted by atomic mass is 9.77. The molecule has 0 amide bonds. The minimum Gasteiger partial charge on any atom is -0.342 e. The van der Waals surface area contributed by atoms with Gasteiger partial charge in [-0.15, -0.1) is 0 Å². The van der Waals surface area contributed by atoms with Crippen LogP contribution < -0.4 is 4.90 Å². The predicted molar refractivity (Wildman–Crippen MR) is 200 cm³/mol. The molecule has 0 bridgehead atoms. The fourth-order valence-corrected chi connectivity index (χ4v) is 8.62. The highest BCUT2D eigenvalue weighted by Crippen LogP contribution is 2.48. The van der Waals surface area contributed by atoms with Crippen molar-refractivity contribution in [2.75, 3.05) is 4.90 Å². The smallest absolute Gasteiger partial charge is 0.146 e. The van der Waals surface area contributed by atoms with Crippen molar-refractivity contribution in [3.63, 3.8) is 0 Å². The average Bonchev–Trinajstić information content (AvgIpc) is 3.68. The van der Waals surface area contributed by atoms with Gasteiger partial charge in [0.25, 0.3) is 0 Å². The first-order chi connectivity index (χ1) is 23.2. The molecule has 0 aliphatic carbocycles. The van der Waals surface area contributed by atoms with Gasteiger partial charge >= 0.3 is 0 Å². The quantitative estimate of drug-likeness (QED) is 0.183. The lowest BCUT2D eigenvalue weighted by molar-refractivity contribution is 0.172. The van der Waals surface area contributed by atoms with Crippen molar-refractivity contribution in [3.8, 4) is 17.1 Å². The molecule has 5 aromatic carbocycles. The number of imidazole rings is 1. The first kappa shape index (κ1) is 30.3. The molecule has 0 fully saturated rings. The molecule has 2 aliphatic rings. The Morgan fingerprint density at radius 1 is 0.708 bits per heavy atom. The number of aryl methyl sites for hydroxylation is 1. The summed E-state index contributed by atoms with van der Waals surface area (Å²) in [4.78, 5) is 10.4. The Morgan fingerprint density at radius 3 is 2.17 bits per heavy atom. The highest BCUT2D eigenvalue weighted by atomic mass is 15.4. The summed E-state index contributed by atoms with van der Waals surface area (Å²) < 4.78 is 2.49. The first-order valence-electron chi connectivity index (χ1n) is 17.3. The zero-order chi connectivity index (χ0) is 33.3. The van der Waals surface area contributed by atoms with Crippen LogP contribution in [-0.2, 0) is 5.54 Å². The summed E-state index contributed by atoms with van der Waals surface area (Å²) in [6.45, 7) is 16.2. The molecule has 4 heteroatoms. The maximum absolute atomic E-state index is 5.45. The van der Waals surface area contributed by atoms with Gasteiger partial charge in [0.2, 0.25) is 0 Å². The molecule has 8 rings (SSSR count). The van der Waals surface area contributed by atoms with Crippen molar-refractivity contribution in [3.05, 3.63) is 161 Å². The van der Waals surface area contributed by atoms with E-state index in [1.165, 1.54) is 61.4 Å². The molecule has 3 atom stereocenters. The number of fused-ring (bicyclic) bond motifs is 2. The van der Waals surface area contributed by atoms with Crippen molar-refractivity contribution in [2.24, 2.45) is 0 Å². The summed E-state index contributed by atoms with van der Waals surface area (Å²) in [5.74, 6) is 1.70. The molecule has 240 valence electrons. The SMILES string of the molecule is Cc1ccccc1C(C)(c1cccc(-c2nc3cccc4c3n2-c2c(C(C)C)cccc2C4C)c1C)N1C=CN(c2ccccc2)[C@@H]1C. The number of hydrogen-bond acceptors (Lipinski definition) is 3. The normalized spacial score (nSPS) is 18.1. The van der Waals surface area contributed by atoms with Crippen molar-refractivity contribution in [1.82, 2.24) is 14.5 Å². The van der Waals surface area contributed by atoms with Gasteiger partial charge < -0.3 is 9.80 Å². The summed E-state index contributed by atoms with van der Waals surface area (Å²) in [7, 11) is 0. The lowest BCUT2D eigenvalue weighted by Crippen LogP contribution is -2.49. The summed E-state index contributed by atoms with van der Waals surface area (Å²) in [6.07, 6.45) is 4.61. The van der Waals surface area contributed by atoms with Crippen LogP contribution in [0.2, 0.25) is 0 Å². The Morgan fingerprint density at radius 2 is 1.40 bits per heavy atom. The number of para-hydroxylation sites is 3. The number of benzene rings is 5. The summed E-state index contributed by atoms with van der Waals surface area (Å²) >= 11 is 0. The highest BCUT2D eigenvalue weighted by molar-refractivity contribution is 5.90. The summed E-state index contributed by atoms with van der Waals surface area (Å²) in [5, 5.41) is 0. The lowest BCUT2D eigenvalue weighted by Gasteiger charge is -2.46. The molecule has 2 unspecified atom stereocenters. The third-order valence-corrected chi connectivity index (χ3v) is 11.1. The monoisotopic (exact) mass is 628 g/mol. The molecule has 4 nitrogen and oxygen atoms in total. The third kappa shape index (κ3) is 4.31. The van der Waals surface area contributed by atoms with Crippen molar-refractivity contribution in [2.45, 2.75) is 72.0 Å². The van der Waals surface area contributed by atoms with Gasteiger partial charge in [0.1, 0.15) is 12.0 Å². The van der Waals surface area contributed by atoms with Crippen molar-refractivity contribution in [1.29, 1.82) is 0 Å². The van der Waals surface area contributed by atoms with Gasteiger partial charge in [0.05, 0.1) is 22.3 Å². The molecule has 0 radical (unpaired) electrons. The zero-order valence-electron chi connectivity index (χ0n) is 29.1. The Bertz CT molecular complexity index is 2210. The fraction of sp³-hybridized carbons (Fsp3) is 0.250. The van der Waals surface area contributed by atoms with E-state index in [0.717, 1.165) is 11.3 Å². The van der Waals surface area contributed by atoms with Crippen LogP contribution >= 0.6 is 0 Å². The van der Waals surface area contributed by atoms with Crippen LogP contribution in [0.5, 0.6) is 0 Å². The first-order valence-corrected chi connectivity index (χ1v) is 17.3. The van der Waals surface area contributed by atoms with E-state index in [9.17, 15) is 0 Å². The molecule has 6 aromatic rings. The van der Waals surface area contributed by atoms with Crippen molar-refractivity contribution >= 4 is 16.7 Å². The van der Waals surface area contributed by atoms with Crippen LogP contribution in [0.25, 0.3) is 28.1 Å². The number of aromatic nitrogens is 2. The van der Waals surface area contributed by atoms with E-state index in [0.29, 0.717) is 11.8 Å². The molecule has 2 aliphatic heterocycles. The molecule has 1 aromatic heterocycles. The number of rotatable bonds is 6. The Labute approximate surface area is 285 Å². The fourth-order valence-electron chi connectivity index (χ4n) is 8.62. The Balaban J connectivity index is 1.37. The largest absolute Gasteiger partial charge is 0.342 e. The van der Waals surface area contributed by atoms with Crippen molar-refractivity contribution < 1.29 is 0 Å². The van der Waals surface area contributed by atoms with E-state index < -0.39 is 5.54 Å². The third-order valence-electron chi connectivity index (χ3n) is 11.1. The van der Waals surface area contributed by atoms with E-state index in [4.69, 9.17) is 4.98 Å². The molecule has 48 heavy (non-hydrogen) atoms. The van der Waals surface area contributed by atoms with Crippen LogP contribution in [0, 0.1) is 13.8 Å². The highest BCUT2D eigenvalue weighted by Gasteiger charge is 2.43. The average molecular weight is 629 g/mol. The topological polar surface area (TPSA) is 24.3 Å². The number of nitrogens with zero attached hydrogens (tertiary/aromatic N) is 4. The zero-order valence-corrected chi connectivity index (χ0v) is 29.1. The van der Waals surface area contributed by atoms with E-state index in [1.807, 2.05) is 0 Å². The molecular formula is C44H44N4. The van der Waals surface area contributed by atoms with Gasteiger partial charge in [-0.1, -0.05) is 112 Å². The van der Waals surface area contributed by atoms with Crippen LogP contribution in [-0.4, -0.2) is 20.6 Å². The summed E-state index contributed by atoms with van der Waals surface area (Å²) in [5.41, 5.74) is 14.7. The predicted octanol–water partition coefficient (Wildman–Crippen LogP) is 10.8. The number of anilines is 1. The second-order valence-electron chi connectivity index (χ2n) is 14.1. The second kappa shape index (κ2) is 11.3. The van der Waals surface area contributed by atoms with Gasteiger partial charge in [-0.2, -0.15) is 0 Å². The van der Waals surface area contributed by atoms with Gasteiger partial charge in [-0.25, -0.2) is 4.98 Å². The van der Waals surface area contributed by atoms with E-state index in [-0.39, 0.29) is 6.17 Å².